The van der Waals surface area contributed by atoms with Crippen LogP contribution in [0.5, 0.6) is 17.4 Å². The zero-order valence-electron chi connectivity index (χ0n) is 21.9. The lowest BCUT2D eigenvalue weighted by Gasteiger charge is -2.26. The van der Waals surface area contributed by atoms with Gasteiger partial charge in [-0.3, -0.25) is 4.90 Å². The fraction of sp³-hybridized carbons (Fsp3) is 0.360. The Morgan fingerprint density at radius 2 is 1.93 bits per heavy atom. The number of alkyl halides is 3. The highest BCUT2D eigenvalue weighted by Crippen LogP contribution is 2.42. The Hall–Kier alpha value is -3.11. The topological polar surface area (TPSA) is 116 Å². The summed E-state index contributed by atoms with van der Waals surface area (Å²) in [4.78, 5) is 18.8. The quantitative estimate of drug-likeness (QED) is 0.212. The highest BCUT2D eigenvalue weighted by Gasteiger charge is 2.33. The van der Waals surface area contributed by atoms with Gasteiger partial charge in [0.2, 0.25) is 5.88 Å². The molecule has 0 aliphatic rings. The maximum Gasteiger partial charge on any atom is 0.431 e. The molecule has 41 heavy (non-hydrogen) atoms. The highest BCUT2D eigenvalue weighted by molar-refractivity contribution is 7.85. The number of nitrogens with one attached hydrogen (secondary N) is 1. The fourth-order valence-corrected chi connectivity index (χ4v) is 5.00. The first kappa shape index (κ1) is 32.4. The number of benzene rings is 1. The minimum absolute atomic E-state index is 0.00687. The van der Waals surface area contributed by atoms with E-state index in [1.165, 1.54) is 36.6 Å². The molecule has 1 N–H and O–H groups in total. The number of hydrogen-bond donors (Lipinski definition) is 1. The van der Waals surface area contributed by atoms with Crippen LogP contribution in [0.2, 0.25) is 5.02 Å². The molecule has 0 fully saturated rings. The standard InChI is InChI=1S/C25H27ClF3N3O7S2/c1-3-11-32(24(33)39-41(34,35)31-10-9-18-6-5-14-40-18)22-20(37-13-12-36-2)7-4-8-21(22)38-23-19(26)15-17(16-30-23)25(27,28)29/h4-8,14-16,31H,3,9-13H2,1-2H3. The largest absolute Gasteiger partial charge is 0.489 e. The second kappa shape index (κ2) is 14.7. The van der Waals surface area contributed by atoms with Crippen LogP contribution in [-0.2, 0) is 31.8 Å². The maximum absolute atomic E-state index is 13.2. The second-order valence-corrected chi connectivity index (χ2v) is 11.0. The zero-order valence-corrected chi connectivity index (χ0v) is 24.3. The number of carbonyl (C=O) groups excluding carboxylic acids is 1. The Morgan fingerprint density at radius 1 is 1.17 bits per heavy atom. The van der Waals surface area contributed by atoms with E-state index in [4.69, 9.17) is 30.0 Å². The molecule has 0 bridgehead atoms. The lowest BCUT2D eigenvalue weighted by molar-refractivity contribution is -0.137. The van der Waals surface area contributed by atoms with Crippen molar-refractivity contribution in [3.8, 4) is 17.4 Å². The molecule has 0 unspecified atom stereocenters. The van der Waals surface area contributed by atoms with Crippen molar-refractivity contribution in [3.05, 3.63) is 63.4 Å². The van der Waals surface area contributed by atoms with Gasteiger partial charge in [0.1, 0.15) is 23.1 Å². The van der Waals surface area contributed by atoms with Gasteiger partial charge < -0.3 is 18.4 Å². The number of hydrogen-bond acceptors (Lipinski definition) is 9. The number of rotatable bonds is 14. The monoisotopic (exact) mass is 637 g/mol. The van der Waals surface area contributed by atoms with E-state index < -0.39 is 33.2 Å². The first-order chi connectivity index (χ1) is 19.4. The lowest BCUT2D eigenvalue weighted by atomic mass is 10.2. The molecule has 16 heteroatoms. The number of nitrogens with zero attached hydrogens (tertiary/aromatic N) is 2. The van der Waals surface area contributed by atoms with Crippen molar-refractivity contribution in [2.45, 2.75) is 25.9 Å². The lowest BCUT2D eigenvalue weighted by Crippen LogP contribution is -2.38. The summed E-state index contributed by atoms with van der Waals surface area (Å²) < 4.78 is 87.9. The van der Waals surface area contributed by atoms with Crippen LogP contribution in [-0.4, -0.2) is 52.9 Å². The van der Waals surface area contributed by atoms with Gasteiger partial charge in [0, 0.05) is 31.3 Å². The normalized spacial score (nSPS) is 11.8. The molecule has 0 aliphatic carbocycles. The van der Waals surface area contributed by atoms with E-state index in [9.17, 15) is 26.4 Å². The van der Waals surface area contributed by atoms with Gasteiger partial charge in [-0.25, -0.2) is 9.78 Å². The van der Waals surface area contributed by atoms with Crippen LogP contribution < -0.4 is 19.1 Å². The number of ether oxygens (including phenoxy) is 3. The molecule has 10 nitrogen and oxygen atoms in total. The molecular formula is C25H27ClF3N3O7S2. The van der Waals surface area contributed by atoms with Crippen LogP contribution in [0.3, 0.4) is 0 Å². The van der Waals surface area contributed by atoms with E-state index in [1.807, 2.05) is 17.5 Å². The third-order valence-corrected chi connectivity index (χ3v) is 7.32. The molecule has 0 saturated carbocycles. The minimum Gasteiger partial charge on any atom is -0.489 e. The van der Waals surface area contributed by atoms with Crippen LogP contribution in [0.25, 0.3) is 0 Å². The summed E-state index contributed by atoms with van der Waals surface area (Å²) in [6.07, 6.45) is -4.66. The van der Waals surface area contributed by atoms with Crippen molar-refractivity contribution < 1.29 is 44.8 Å². The van der Waals surface area contributed by atoms with E-state index in [1.54, 1.807) is 6.92 Å². The molecule has 1 aromatic carbocycles. The van der Waals surface area contributed by atoms with Gasteiger partial charge in [-0.2, -0.15) is 26.3 Å². The molecule has 0 saturated heterocycles. The maximum atomic E-state index is 13.2. The van der Waals surface area contributed by atoms with Crippen LogP contribution in [0, 0.1) is 0 Å². The molecular weight excluding hydrogens is 611 g/mol. The first-order valence-corrected chi connectivity index (χ1v) is 14.8. The molecule has 0 spiro atoms. The molecule has 1 amide bonds. The van der Waals surface area contributed by atoms with Gasteiger partial charge >= 0.3 is 22.6 Å². The predicted molar refractivity (Wildman–Crippen MR) is 147 cm³/mol. The number of anilines is 1. The number of halogens is 4. The summed E-state index contributed by atoms with van der Waals surface area (Å²) in [6.45, 7) is 1.91. The molecule has 0 atom stereocenters. The molecule has 2 heterocycles. The number of para-hydroxylation sites is 1. The van der Waals surface area contributed by atoms with Crippen LogP contribution in [0.15, 0.2) is 48.0 Å². The van der Waals surface area contributed by atoms with Gasteiger partial charge in [-0.1, -0.05) is 30.7 Å². The van der Waals surface area contributed by atoms with Gasteiger partial charge in [0.15, 0.2) is 5.75 Å². The van der Waals surface area contributed by atoms with Crippen LogP contribution in [0.1, 0.15) is 23.8 Å². The number of thiophene rings is 1. The highest BCUT2D eigenvalue weighted by atomic mass is 35.5. The molecule has 0 radical (unpaired) electrons. The zero-order chi connectivity index (χ0) is 30.0. The molecule has 2 aromatic heterocycles. The van der Waals surface area contributed by atoms with Crippen molar-refractivity contribution in [3.63, 3.8) is 0 Å². The summed E-state index contributed by atoms with van der Waals surface area (Å²) in [5.41, 5.74) is -1.14. The van der Waals surface area contributed by atoms with E-state index in [0.717, 1.165) is 9.78 Å². The third-order valence-electron chi connectivity index (χ3n) is 5.20. The van der Waals surface area contributed by atoms with Crippen molar-refractivity contribution in [2.24, 2.45) is 0 Å². The molecule has 224 valence electrons. The third kappa shape index (κ3) is 9.46. The Morgan fingerprint density at radius 3 is 2.56 bits per heavy atom. The van der Waals surface area contributed by atoms with Crippen molar-refractivity contribution in [1.82, 2.24) is 9.71 Å². The van der Waals surface area contributed by atoms with E-state index >= 15 is 0 Å². The van der Waals surface area contributed by atoms with Crippen LogP contribution in [0.4, 0.5) is 23.7 Å². The molecule has 3 rings (SSSR count). The summed E-state index contributed by atoms with van der Waals surface area (Å²) in [5.74, 6) is -0.416. The van der Waals surface area contributed by atoms with Gasteiger partial charge in [0.25, 0.3) is 0 Å². The fourth-order valence-electron chi connectivity index (χ4n) is 3.40. The van der Waals surface area contributed by atoms with Gasteiger partial charge in [-0.15, -0.1) is 11.3 Å². The number of aromatic nitrogens is 1. The Balaban J connectivity index is 1.92. The van der Waals surface area contributed by atoms with Crippen molar-refractivity contribution >= 4 is 45.0 Å². The number of amides is 1. The van der Waals surface area contributed by atoms with Gasteiger partial charge in [0.05, 0.1) is 12.2 Å². The first-order valence-electron chi connectivity index (χ1n) is 12.1. The Bertz CT molecular complexity index is 1410. The Kier molecular flexibility index (Phi) is 11.6. The van der Waals surface area contributed by atoms with E-state index in [0.29, 0.717) is 25.1 Å². The van der Waals surface area contributed by atoms with E-state index in [2.05, 4.69) is 9.71 Å². The average molecular weight is 638 g/mol. The molecule has 3 aromatic rings. The second-order valence-electron chi connectivity index (χ2n) is 8.23. The van der Waals surface area contributed by atoms with E-state index in [-0.39, 0.29) is 49.4 Å². The summed E-state index contributed by atoms with van der Waals surface area (Å²) in [7, 11) is -3.06. The van der Waals surface area contributed by atoms with Gasteiger partial charge in [-0.05, 0) is 42.5 Å². The summed E-state index contributed by atoms with van der Waals surface area (Å²) in [6, 6.07) is 8.69. The molecule has 0 aliphatic heterocycles. The summed E-state index contributed by atoms with van der Waals surface area (Å²) in [5, 5.41) is 1.41. The van der Waals surface area contributed by atoms with Crippen molar-refractivity contribution in [2.75, 3.05) is 38.3 Å². The number of pyridine rings is 1. The van der Waals surface area contributed by atoms with Crippen LogP contribution >= 0.6 is 22.9 Å². The number of carbonyl (C=O) groups is 1. The number of methoxy groups -OCH3 is 1. The summed E-state index contributed by atoms with van der Waals surface area (Å²) >= 11 is 7.48. The minimum atomic E-state index is -4.68. The average Bonchev–Trinajstić information content (AvgIpc) is 3.41. The predicted octanol–water partition coefficient (Wildman–Crippen LogP) is 6.06. The van der Waals surface area contributed by atoms with Crippen molar-refractivity contribution in [1.29, 1.82) is 0 Å². The SMILES string of the molecule is CCCN(C(=O)OS(=O)(=O)NCCc1cccs1)c1c(OCCOC)cccc1Oc1ncc(C(F)(F)F)cc1Cl. The Labute approximate surface area is 244 Å². The smallest absolute Gasteiger partial charge is 0.431 e.